The van der Waals surface area contributed by atoms with Crippen LogP contribution in [0.4, 0.5) is 24.7 Å². The number of amides is 1. The van der Waals surface area contributed by atoms with E-state index in [0.717, 1.165) is 10.8 Å². The van der Waals surface area contributed by atoms with E-state index in [1.54, 1.807) is 48.7 Å². The highest BCUT2D eigenvalue weighted by Crippen LogP contribution is 2.35. The van der Waals surface area contributed by atoms with Crippen LogP contribution in [-0.2, 0) is 26.0 Å². The molecule has 46 heavy (non-hydrogen) atoms. The number of benzene rings is 3. The molecule has 1 saturated carbocycles. The smallest absolute Gasteiger partial charge is 0.490 e. The lowest BCUT2D eigenvalue weighted by molar-refractivity contribution is -0.192. The zero-order chi connectivity index (χ0) is 33.6. The van der Waals surface area contributed by atoms with E-state index in [9.17, 15) is 26.4 Å². The van der Waals surface area contributed by atoms with Gasteiger partial charge in [0.1, 0.15) is 17.6 Å². The van der Waals surface area contributed by atoms with Crippen LogP contribution in [0.3, 0.4) is 0 Å². The van der Waals surface area contributed by atoms with Gasteiger partial charge in [-0.25, -0.2) is 18.2 Å². The first-order valence-electron chi connectivity index (χ1n) is 13.9. The largest absolute Gasteiger partial charge is 0.492 e. The number of carbonyl (C=O) groups is 2. The fraction of sp³-hybridized carbons (Fsp3) is 0.258. The number of anilines is 2. The molecule has 1 aromatic heterocycles. The minimum absolute atomic E-state index is 0.0605. The Labute approximate surface area is 267 Å². The van der Waals surface area contributed by atoms with Gasteiger partial charge in [-0.15, -0.1) is 0 Å². The number of hydrogen-bond donors (Lipinski definition) is 4. The van der Waals surface area contributed by atoms with Crippen molar-refractivity contribution in [1.82, 2.24) is 10.3 Å². The van der Waals surface area contributed by atoms with Gasteiger partial charge in [0.2, 0.25) is 5.91 Å². The molecule has 15 heteroatoms. The van der Waals surface area contributed by atoms with Gasteiger partial charge in [0.25, 0.3) is 0 Å². The van der Waals surface area contributed by atoms with Crippen molar-refractivity contribution in [2.75, 3.05) is 17.7 Å². The number of carboxylic acids is 1. The third-order valence-corrected chi connectivity index (χ3v) is 9.57. The molecule has 1 aliphatic rings. The number of rotatable bonds is 10. The third-order valence-electron chi connectivity index (χ3n) is 6.89. The number of nitrogens with two attached hydrogens (primary N) is 1. The molecule has 4 aromatic rings. The van der Waals surface area contributed by atoms with Crippen LogP contribution in [-0.4, -0.2) is 48.4 Å². The summed E-state index contributed by atoms with van der Waals surface area (Å²) in [5.74, 6) is -2.21. The second kappa shape index (κ2) is 14.3. The van der Waals surface area contributed by atoms with Crippen molar-refractivity contribution < 1.29 is 41.0 Å². The summed E-state index contributed by atoms with van der Waals surface area (Å²) >= 11 is 6.31. The molecule has 0 saturated heterocycles. The molecule has 1 fully saturated rings. The number of alkyl halides is 3. The monoisotopic (exact) mass is 678 g/mol. The highest BCUT2D eigenvalue weighted by Gasteiger charge is 2.39. The molecular formula is C31H30ClF3N4O6S. The Morgan fingerprint density at radius 1 is 1.11 bits per heavy atom. The molecule has 0 bridgehead atoms. The molecule has 0 spiro atoms. The van der Waals surface area contributed by atoms with Gasteiger partial charge < -0.3 is 26.2 Å². The van der Waals surface area contributed by atoms with E-state index in [1.807, 2.05) is 31.2 Å². The number of hydrogen-bond acceptors (Lipinski definition) is 8. The number of carboxylic acid groups (broad SMARTS) is 1. The van der Waals surface area contributed by atoms with Gasteiger partial charge >= 0.3 is 12.1 Å². The molecule has 1 unspecified atom stereocenters. The molecule has 5 N–H and O–H groups in total. The predicted molar refractivity (Wildman–Crippen MR) is 167 cm³/mol. The number of halogens is 4. The number of aliphatic carboxylic acids is 1. The van der Waals surface area contributed by atoms with Gasteiger partial charge in [-0.05, 0) is 78.7 Å². The van der Waals surface area contributed by atoms with E-state index in [-0.39, 0.29) is 22.6 Å². The van der Waals surface area contributed by atoms with Crippen LogP contribution in [0, 0.1) is 0 Å². The van der Waals surface area contributed by atoms with Gasteiger partial charge in [-0.2, -0.15) is 13.2 Å². The summed E-state index contributed by atoms with van der Waals surface area (Å²) < 4.78 is 63.3. The normalized spacial score (nSPS) is 13.7. The Balaban J connectivity index is 0.000000617. The number of fused-ring (bicyclic) bond motifs is 1. The Morgan fingerprint density at radius 2 is 1.80 bits per heavy atom. The Morgan fingerprint density at radius 3 is 2.46 bits per heavy atom. The van der Waals surface area contributed by atoms with E-state index >= 15 is 0 Å². The second-order valence-corrected chi connectivity index (χ2v) is 12.8. The van der Waals surface area contributed by atoms with Gasteiger partial charge in [-0.1, -0.05) is 35.9 Å². The molecule has 5 rings (SSSR count). The van der Waals surface area contributed by atoms with Gasteiger partial charge in [0, 0.05) is 23.8 Å². The lowest BCUT2D eigenvalue weighted by Crippen LogP contribution is -2.33. The van der Waals surface area contributed by atoms with E-state index in [4.69, 9.17) is 32.0 Å². The molecule has 3 aromatic carbocycles. The average molecular weight is 679 g/mol. The lowest BCUT2D eigenvalue weighted by atomic mass is 10.0. The van der Waals surface area contributed by atoms with E-state index in [2.05, 4.69) is 15.6 Å². The summed E-state index contributed by atoms with van der Waals surface area (Å²) in [4.78, 5) is 27.0. The number of pyridine rings is 1. The van der Waals surface area contributed by atoms with Crippen molar-refractivity contribution in [3.63, 3.8) is 0 Å². The van der Waals surface area contributed by atoms with Crippen molar-refractivity contribution in [1.29, 1.82) is 0 Å². The number of nitrogen functional groups attached to an aromatic ring is 1. The highest BCUT2D eigenvalue weighted by atomic mass is 35.5. The summed E-state index contributed by atoms with van der Waals surface area (Å²) in [5.41, 5.74) is 7.88. The minimum Gasteiger partial charge on any atom is -0.492 e. The third kappa shape index (κ3) is 8.37. The quantitative estimate of drug-likeness (QED) is 0.160. The molecule has 0 radical (unpaired) electrons. The van der Waals surface area contributed by atoms with Crippen LogP contribution >= 0.6 is 11.6 Å². The maximum Gasteiger partial charge on any atom is 0.490 e. The van der Waals surface area contributed by atoms with Gasteiger partial charge in [0.05, 0.1) is 21.8 Å². The average Bonchev–Trinajstić information content (AvgIpc) is 3.87. The summed E-state index contributed by atoms with van der Waals surface area (Å²) in [6.45, 7) is 2.33. The summed E-state index contributed by atoms with van der Waals surface area (Å²) in [7, 11) is -3.42. The number of carbonyl (C=O) groups excluding carboxylic acids is 1. The van der Waals surface area contributed by atoms with Crippen molar-refractivity contribution in [3.05, 3.63) is 89.1 Å². The van der Waals surface area contributed by atoms with Crippen molar-refractivity contribution in [2.45, 2.75) is 48.7 Å². The van der Waals surface area contributed by atoms with E-state index in [0.29, 0.717) is 52.9 Å². The number of ether oxygens (including phenoxy) is 1. The molecule has 1 aliphatic carbocycles. The lowest BCUT2D eigenvalue weighted by Gasteiger charge is -2.22. The van der Waals surface area contributed by atoms with Gasteiger partial charge in [-0.3, -0.25) is 4.79 Å². The number of nitrogens with one attached hydrogen (secondary N) is 2. The van der Waals surface area contributed by atoms with Crippen LogP contribution in [0.1, 0.15) is 36.9 Å². The van der Waals surface area contributed by atoms with Crippen molar-refractivity contribution in [3.8, 4) is 5.75 Å². The Hall–Kier alpha value is -4.56. The van der Waals surface area contributed by atoms with Crippen LogP contribution in [0.15, 0.2) is 77.8 Å². The molecule has 1 atom stereocenters. The minimum atomic E-state index is -5.08. The number of nitrogens with zero attached hydrogens (tertiary/aromatic N) is 1. The van der Waals surface area contributed by atoms with Crippen LogP contribution in [0.25, 0.3) is 10.8 Å². The van der Waals surface area contributed by atoms with Gasteiger partial charge in [0.15, 0.2) is 9.84 Å². The molecule has 10 nitrogen and oxygen atoms in total. The standard InChI is InChI=1S/C29H29ClN4O4S.C2HF3O2/c1-2-38-25-16-19(7-12-24(25)30)27(34-21-8-11-23-18(15-21)13-14-32-28(23)31)29(35)33-17-20-5-3-4-6-26(20)39(36,37)22-9-10-22;3-2(4,5)1(6)7/h3-8,11-16,22,27,34H,2,9-10,17H2,1H3,(H2,31,32)(H,33,35);(H,6,7). The fourth-order valence-corrected chi connectivity index (χ4v) is 6.56. The molecule has 0 aliphatic heterocycles. The maximum atomic E-state index is 13.7. The Kier molecular flexibility index (Phi) is 10.6. The Bertz CT molecular complexity index is 1850. The van der Waals surface area contributed by atoms with Crippen molar-refractivity contribution in [2.24, 2.45) is 0 Å². The van der Waals surface area contributed by atoms with E-state index < -0.39 is 28.0 Å². The van der Waals surface area contributed by atoms with Crippen LogP contribution in [0.5, 0.6) is 5.75 Å². The maximum absolute atomic E-state index is 13.7. The predicted octanol–water partition coefficient (Wildman–Crippen LogP) is 5.91. The SMILES string of the molecule is CCOc1cc(C(Nc2ccc3c(N)nccc3c2)C(=O)NCc2ccccc2S(=O)(=O)C2CC2)ccc1Cl.O=C(O)C(F)(F)F. The molecule has 1 heterocycles. The first-order chi connectivity index (χ1) is 21.7. The summed E-state index contributed by atoms with van der Waals surface area (Å²) in [5, 5.41) is 15.1. The molecule has 1 amide bonds. The first kappa shape index (κ1) is 34.3. The van der Waals surface area contributed by atoms with Crippen LogP contribution in [0.2, 0.25) is 5.02 Å². The number of sulfone groups is 1. The van der Waals surface area contributed by atoms with Crippen LogP contribution < -0.4 is 21.1 Å². The highest BCUT2D eigenvalue weighted by molar-refractivity contribution is 7.92. The molecular weight excluding hydrogens is 649 g/mol. The zero-order valence-corrected chi connectivity index (χ0v) is 25.9. The number of aromatic nitrogens is 1. The summed E-state index contributed by atoms with van der Waals surface area (Å²) in [6, 6.07) is 18.6. The zero-order valence-electron chi connectivity index (χ0n) is 24.3. The molecule has 244 valence electrons. The second-order valence-electron chi connectivity index (χ2n) is 10.2. The summed E-state index contributed by atoms with van der Waals surface area (Å²) in [6.07, 6.45) is -2.12. The first-order valence-corrected chi connectivity index (χ1v) is 15.9. The topological polar surface area (TPSA) is 161 Å². The fourth-order valence-electron chi connectivity index (χ4n) is 4.49. The van der Waals surface area contributed by atoms with Crippen molar-refractivity contribution >= 4 is 55.6 Å². The van der Waals surface area contributed by atoms with E-state index in [1.165, 1.54) is 0 Å².